The minimum absolute atomic E-state index is 0.00205. The Morgan fingerprint density at radius 3 is 1.96 bits per heavy atom. The van der Waals surface area contributed by atoms with Crippen molar-refractivity contribution in [1.29, 1.82) is 0 Å². The van der Waals surface area contributed by atoms with Gasteiger partial charge in [0.25, 0.3) is 5.91 Å². The fourth-order valence-corrected chi connectivity index (χ4v) is 7.84. The van der Waals surface area contributed by atoms with Crippen LogP contribution >= 0.6 is 0 Å². The van der Waals surface area contributed by atoms with Crippen LogP contribution in [0.15, 0.2) is 60.7 Å². The average Bonchev–Trinajstić information content (AvgIpc) is 3.82. The maximum atomic E-state index is 14.4. The number of carboxylic acid groups (broad SMARTS) is 3. The van der Waals surface area contributed by atoms with Crippen molar-refractivity contribution in [3.8, 4) is 5.75 Å². The zero-order valence-corrected chi connectivity index (χ0v) is 41.9. The SMILES string of the molecule is [C-]#[N+]c1cc([N+]#[C-])cc(OCC(=O)N[C@@H]2C[C@@H](C(=O)N[C@@H](Cc3ccc4ccccc4c3)C(=O)NCCCC[C@H](NC(=O)N[C@@H](CCC(=O)O)C(=O)O)C(=O)O)N(C(=O)CCOCCOCCOCCNC(C)=O)C2)c1. The van der Waals surface area contributed by atoms with Crippen LogP contribution in [0.5, 0.6) is 5.75 Å². The van der Waals surface area contributed by atoms with E-state index in [1.165, 1.54) is 30.0 Å². The van der Waals surface area contributed by atoms with Gasteiger partial charge in [0, 0.05) is 45.4 Å². The second-order valence-corrected chi connectivity index (χ2v) is 17.4. The van der Waals surface area contributed by atoms with Crippen molar-refractivity contribution in [2.45, 2.75) is 88.5 Å². The minimum atomic E-state index is -1.58. The van der Waals surface area contributed by atoms with E-state index in [4.69, 9.17) is 37.2 Å². The van der Waals surface area contributed by atoms with Crippen molar-refractivity contribution in [3.05, 3.63) is 89.1 Å². The average molecular weight is 1060 g/mol. The van der Waals surface area contributed by atoms with Gasteiger partial charge in [-0.25, -0.2) is 24.1 Å². The van der Waals surface area contributed by atoms with Crippen LogP contribution in [0, 0.1) is 13.1 Å². The Kier molecular flexibility index (Phi) is 25.4. The summed E-state index contributed by atoms with van der Waals surface area (Å²) in [6.07, 6.45) is -0.960. The number of urea groups is 1. The number of fused-ring (bicyclic) bond motifs is 1. The highest BCUT2D eigenvalue weighted by atomic mass is 16.5. The normalized spacial score (nSPS) is 14.9. The number of carbonyl (C=O) groups is 9. The molecule has 25 heteroatoms. The molecule has 0 saturated carbocycles. The summed E-state index contributed by atoms with van der Waals surface area (Å²) in [6, 6.07) is 9.92. The molecule has 76 heavy (non-hydrogen) atoms. The molecule has 1 aliphatic heterocycles. The molecule has 7 amide bonds. The largest absolute Gasteiger partial charge is 0.486 e. The molecule has 4 rings (SSSR count). The number of aliphatic carboxylic acids is 3. The maximum Gasteiger partial charge on any atom is 0.326 e. The Morgan fingerprint density at radius 2 is 1.33 bits per heavy atom. The molecule has 3 aromatic rings. The molecule has 0 aliphatic carbocycles. The predicted molar refractivity (Wildman–Crippen MR) is 270 cm³/mol. The number of benzene rings is 3. The van der Waals surface area contributed by atoms with Gasteiger partial charge in [0.1, 0.15) is 24.2 Å². The number of ether oxygens (including phenoxy) is 4. The van der Waals surface area contributed by atoms with E-state index in [1.54, 1.807) is 0 Å². The third-order valence-electron chi connectivity index (χ3n) is 11.6. The molecule has 0 unspecified atom stereocenters. The number of likely N-dealkylation sites (tertiary alicyclic amines) is 1. The van der Waals surface area contributed by atoms with E-state index in [0.717, 1.165) is 10.8 Å². The molecule has 25 nitrogen and oxygen atoms in total. The van der Waals surface area contributed by atoms with E-state index < -0.39 is 97.2 Å². The summed E-state index contributed by atoms with van der Waals surface area (Å²) in [6.45, 7) is 17.0. The summed E-state index contributed by atoms with van der Waals surface area (Å²) in [5, 5.41) is 45.0. The maximum absolute atomic E-state index is 14.4. The van der Waals surface area contributed by atoms with Crippen LogP contribution in [-0.2, 0) is 59.0 Å². The highest BCUT2D eigenvalue weighted by molar-refractivity contribution is 5.93. The first kappa shape index (κ1) is 60.2. The van der Waals surface area contributed by atoms with Crippen LogP contribution in [0.25, 0.3) is 20.5 Å². The standard InChI is InChI=1S/C51H63N9O16/c1-32(61)54-17-19-74-21-23-75-22-20-73-18-15-45(63)60-30-38(56-44(62)31-76-39-27-36(52-2)26-37(28-39)53-3)29-43(60)48(67)57-42(25-33-11-12-34-8-4-5-9-35(34)24-33)47(66)55-16-7-6-10-40(49(68)69)58-51(72)59-41(50(70)71)13-14-46(64)65/h4-5,8-9,11-12,24,26-28,38,40-43H,6-7,10,13-23,25,29-31H2,1H3,(H,54,61)(H,55,66)(H,56,62)(H,57,67)(H,64,65)(H,68,69)(H,70,71)(H2,58,59,72)/t38-,40+,41+,42+,43+/m1/s1. The molecule has 408 valence electrons. The second-order valence-electron chi connectivity index (χ2n) is 17.4. The summed E-state index contributed by atoms with van der Waals surface area (Å²) in [4.78, 5) is 121. The van der Waals surface area contributed by atoms with Gasteiger partial charge in [0.2, 0.25) is 23.6 Å². The molecule has 5 atom stereocenters. The van der Waals surface area contributed by atoms with E-state index in [-0.39, 0.29) is 101 Å². The second kappa shape index (κ2) is 32.0. The van der Waals surface area contributed by atoms with Crippen LogP contribution < -0.4 is 36.6 Å². The number of amides is 7. The third-order valence-corrected chi connectivity index (χ3v) is 11.6. The first-order valence-electron chi connectivity index (χ1n) is 24.4. The van der Waals surface area contributed by atoms with Crippen molar-refractivity contribution < 1.29 is 77.4 Å². The molecule has 0 radical (unpaired) electrons. The Morgan fingerprint density at radius 1 is 0.697 bits per heavy atom. The molecule has 9 N–H and O–H groups in total. The van der Waals surface area contributed by atoms with Crippen molar-refractivity contribution >= 4 is 75.6 Å². The third kappa shape index (κ3) is 21.6. The van der Waals surface area contributed by atoms with Crippen molar-refractivity contribution in [1.82, 2.24) is 36.8 Å². The van der Waals surface area contributed by atoms with Gasteiger partial charge in [0.05, 0.1) is 65.0 Å². The zero-order chi connectivity index (χ0) is 55.4. The lowest BCUT2D eigenvalue weighted by Gasteiger charge is -2.26. The molecular formula is C51H63N9O16. The van der Waals surface area contributed by atoms with E-state index in [1.807, 2.05) is 42.5 Å². The Bertz CT molecular complexity index is 2570. The molecule has 1 saturated heterocycles. The minimum Gasteiger partial charge on any atom is -0.486 e. The molecule has 1 fully saturated rings. The fraction of sp³-hybridized carbons (Fsp3) is 0.471. The van der Waals surface area contributed by atoms with Crippen molar-refractivity contribution in [3.63, 3.8) is 0 Å². The molecule has 0 spiro atoms. The number of carbonyl (C=O) groups excluding carboxylic acids is 6. The number of hydrogen-bond acceptors (Lipinski definition) is 13. The highest BCUT2D eigenvalue weighted by Crippen LogP contribution is 2.28. The van der Waals surface area contributed by atoms with E-state index in [9.17, 15) is 53.4 Å². The molecule has 1 aliphatic rings. The Balaban J connectivity index is 1.42. The summed E-state index contributed by atoms with van der Waals surface area (Å²) in [5.74, 6) is -6.64. The lowest BCUT2D eigenvalue weighted by molar-refractivity contribution is -0.141. The summed E-state index contributed by atoms with van der Waals surface area (Å²) >= 11 is 0. The van der Waals surface area contributed by atoms with Gasteiger partial charge < -0.3 is 71.1 Å². The summed E-state index contributed by atoms with van der Waals surface area (Å²) < 4.78 is 22.1. The molecular weight excluding hydrogens is 995 g/mol. The van der Waals surface area contributed by atoms with E-state index in [0.29, 0.717) is 25.3 Å². The first-order chi connectivity index (χ1) is 36.5. The topological polar surface area (TPSA) is 335 Å². The van der Waals surface area contributed by atoms with Crippen LogP contribution in [0.2, 0.25) is 0 Å². The lowest BCUT2D eigenvalue weighted by Crippen LogP contribution is -2.54. The van der Waals surface area contributed by atoms with Gasteiger partial charge in [-0.05, 0) is 60.6 Å². The number of nitrogens with zero attached hydrogens (tertiary/aromatic N) is 3. The quantitative estimate of drug-likeness (QED) is 0.0311. The van der Waals surface area contributed by atoms with E-state index in [2.05, 4.69) is 41.6 Å². The summed E-state index contributed by atoms with van der Waals surface area (Å²) in [7, 11) is 0. The van der Waals surface area contributed by atoms with Gasteiger partial charge in [-0.3, -0.25) is 28.8 Å². The van der Waals surface area contributed by atoms with Crippen LogP contribution in [-0.4, -0.2) is 170 Å². The van der Waals surface area contributed by atoms with Gasteiger partial charge in [0.15, 0.2) is 18.0 Å². The Labute approximate surface area is 437 Å². The number of hydrogen-bond donors (Lipinski definition) is 9. The molecule has 1 heterocycles. The van der Waals surface area contributed by atoms with E-state index >= 15 is 0 Å². The Hall–Kier alpha value is -8.39. The zero-order valence-electron chi connectivity index (χ0n) is 41.9. The number of unbranched alkanes of at least 4 members (excludes halogenated alkanes) is 1. The summed E-state index contributed by atoms with van der Waals surface area (Å²) in [5.41, 5.74) is 0.968. The van der Waals surface area contributed by atoms with Gasteiger partial charge in [-0.2, -0.15) is 0 Å². The fourth-order valence-electron chi connectivity index (χ4n) is 7.84. The van der Waals surface area contributed by atoms with Crippen molar-refractivity contribution in [2.75, 3.05) is 65.9 Å². The monoisotopic (exact) mass is 1060 g/mol. The predicted octanol–water partition coefficient (Wildman–Crippen LogP) is 2.07. The number of nitrogens with one attached hydrogen (secondary N) is 6. The van der Waals surface area contributed by atoms with Gasteiger partial charge in [-0.15, -0.1) is 0 Å². The highest BCUT2D eigenvalue weighted by Gasteiger charge is 2.41. The van der Waals surface area contributed by atoms with Gasteiger partial charge >= 0.3 is 23.9 Å². The van der Waals surface area contributed by atoms with Crippen LogP contribution in [0.1, 0.15) is 57.4 Å². The van der Waals surface area contributed by atoms with Crippen LogP contribution in [0.4, 0.5) is 16.2 Å². The number of rotatable bonds is 33. The lowest BCUT2D eigenvalue weighted by atomic mass is 10.0. The van der Waals surface area contributed by atoms with Crippen LogP contribution in [0.3, 0.4) is 0 Å². The molecule has 0 aromatic heterocycles. The molecule has 3 aromatic carbocycles. The smallest absolute Gasteiger partial charge is 0.326 e. The molecule has 0 bridgehead atoms. The first-order valence-corrected chi connectivity index (χ1v) is 24.4. The number of carboxylic acids is 3. The van der Waals surface area contributed by atoms with Gasteiger partial charge in [-0.1, -0.05) is 48.5 Å². The van der Waals surface area contributed by atoms with Crippen molar-refractivity contribution in [2.24, 2.45) is 0 Å².